The highest BCUT2D eigenvalue weighted by atomic mass is 16.6. The number of unbranched alkanes of at least 4 members (excludes halogenated alkanes) is 15. The number of rotatable bonds is 20. The van der Waals surface area contributed by atoms with Crippen LogP contribution in [0.5, 0.6) is 0 Å². The average molecular weight is 575 g/mol. The molecule has 2 heterocycles. The molecule has 0 aromatic heterocycles. The summed E-state index contributed by atoms with van der Waals surface area (Å²) in [6.07, 6.45) is 25.5. The molecule has 1 spiro atoms. The third kappa shape index (κ3) is 9.31. The Labute approximate surface area is 254 Å². The number of carbonyl (C=O) groups is 2. The van der Waals surface area contributed by atoms with Gasteiger partial charge in [0.1, 0.15) is 5.72 Å². The molecule has 2 aliphatic rings. The number of ether oxygens (including phenoxy) is 1. The van der Waals surface area contributed by atoms with Crippen LogP contribution in [0.15, 0.2) is 12.7 Å². The summed E-state index contributed by atoms with van der Waals surface area (Å²) in [6, 6.07) is 0. The van der Waals surface area contributed by atoms with E-state index in [1.807, 2.05) is 4.90 Å². The molecule has 2 fully saturated rings. The standard InChI is InChI=1S/C36H66N2O3/c1-9-13-14-15-16-17-18-19-20-21-22-23-24-25-26-27-28-37-32(40)35(41-36(37,11-3)12-4)29-33(5,6)38(31(39)10-2)34(7,8)30-35/h10H,2,9,11-30H2,1,3-8H3. The van der Waals surface area contributed by atoms with E-state index in [1.165, 1.54) is 96.0 Å². The van der Waals surface area contributed by atoms with Gasteiger partial charge in [-0.1, -0.05) is 124 Å². The molecule has 2 amide bonds. The van der Waals surface area contributed by atoms with Crippen LogP contribution in [-0.2, 0) is 14.3 Å². The molecule has 2 saturated heterocycles. The first-order valence-electron chi connectivity index (χ1n) is 17.4. The summed E-state index contributed by atoms with van der Waals surface area (Å²) in [4.78, 5) is 31.0. The monoisotopic (exact) mass is 575 g/mol. The van der Waals surface area contributed by atoms with Gasteiger partial charge in [-0.05, 0) is 53.0 Å². The van der Waals surface area contributed by atoms with Crippen LogP contribution in [0, 0.1) is 0 Å². The highest BCUT2D eigenvalue weighted by Crippen LogP contribution is 2.53. The average Bonchev–Trinajstić information content (AvgIpc) is 3.13. The van der Waals surface area contributed by atoms with Crippen LogP contribution in [0.25, 0.3) is 0 Å². The maximum Gasteiger partial charge on any atom is 0.257 e. The highest BCUT2D eigenvalue weighted by Gasteiger charge is 2.65. The number of piperidine rings is 1. The lowest BCUT2D eigenvalue weighted by Crippen LogP contribution is -2.68. The second-order valence-corrected chi connectivity index (χ2v) is 14.4. The number of amides is 2. The Morgan fingerprint density at radius 2 is 1.12 bits per heavy atom. The number of carbonyl (C=O) groups excluding carboxylic acids is 2. The van der Waals surface area contributed by atoms with Crippen molar-refractivity contribution in [3.63, 3.8) is 0 Å². The molecule has 2 rings (SSSR count). The minimum Gasteiger partial charge on any atom is -0.339 e. The minimum absolute atomic E-state index is 0.0810. The van der Waals surface area contributed by atoms with Crippen molar-refractivity contribution < 1.29 is 14.3 Å². The molecule has 238 valence electrons. The van der Waals surface area contributed by atoms with E-state index in [0.717, 1.165) is 32.2 Å². The Bertz CT molecular complexity index is 796. The zero-order valence-electron chi connectivity index (χ0n) is 28.3. The molecule has 0 aromatic rings. The van der Waals surface area contributed by atoms with E-state index in [0.29, 0.717) is 12.8 Å². The van der Waals surface area contributed by atoms with Gasteiger partial charge in [0.25, 0.3) is 5.91 Å². The number of likely N-dealkylation sites (tertiary alicyclic amines) is 1. The molecule has 0 aliphatic carbocycles. The van der Waals surface area contributed by atoms with Crippen molar-refractivity contribution >= 4 is 11.8 Å². The van der Waals surface area contributed by atoms with Gasteiger partial charge >= 0.3 is 0 Å². The van der Waals surface area contributed by atoms with Gasteiger partial charge in [-0.15, -0.1) is 0 Å². The number of hydrogen-bond acceptors (Lipinski definition) is 3. The van der Waals surface area contributed by atoms with Crippen molar-refractivity contribution in [2.24, 2.45) is 0 Å². The van der Waals surface area contributed by atoms with Crippen molar-refractivity contribution in [2.45, 2.75) is 199 Å². The second-order valence-electron chi connectivity index (χ2n) is 14.4. The Kier molecular flexibility index (Phi) is 14.4. The quantitative estimate of drug-likeness (QED) is 0.107. The molecular weight excluding hydrogens is 508 g/mol. The summed E-state index contributed by atoms with van der Waals surface area (Å²) in [5.74, 6) is 0.0524. The molecule has 0 saturated carbocycles. The highest BCUT2D eigenvalue weighted by molar-refractivity contribution is 5.91. The van der Waals surface area contributed by atoms with E-state index >= 15 is 0 Å². The fraction of sp³-hybridized carbons (Fsp3) is 0.889. The van der Waals surface area contributed by atoms with Crippen molar-refractivity contribution in [3.05, 3.63) is 12.7 Å². The predicted octanol–water partition coefficient (Wildman–Crippen LogP) is 9.73. The van der Waals surface area contributed by atoms with Gasteiger partial charge in [0.15, 0.2) is 5.60 Å². The molecular formula is C36H66N2O3. The maximum absolute atomic E-state index is 14.2. The SMILES string of the molecule is C=CC(=O)N1C(C)(C)CC2(CC1(C)C)OC(CC)(CC)N(CCCCCCCCCCCCCCCCCC)C2=O. The summed E-state index contributed by atoms with van der Waals surface area (Å²) >= 11 is 0. The lowest BCUT2D eigenvalue weighted by Gasteiger charge is -2.57. The van der Waals surface area contributed by atoms with Gasteiger partial charge in [0.05, 0.1) is 0 Å². The van der Waals surface area contributed by atoms with E-state index in [9.17, 15) is 9.59 Å². The van der Waals surface area contributed by atoms with Crippen LogP contribution < -0.4 is 0 Å². The molecule has 5 heteroatoms. The zero-order valence-corrected chi connectivity index (χ0v) is 28.3. The topological polar surface area (TPSA) is 49.9 Å². The van der Waals surface area contributed by atoms with Crippen LogP contribution in [-0.4, -0.2) is 50.6 Å². The first-order valence-corrected chi connectivity index (χ1v) is 17.4. The van der Waals surface area contributed by atoms with Gasteiger partial charge in [0, 0.05) is 30.5 Å². The lowest BCUT2D eigenvalue weighted by molar-refractivity contribution is -0.198. The third-order valence-electron chi connectivity index (χ3n) is 9.89. The summed E-state index contributed by atoms with van der Waals surface area (Å²) in [5, 5.41) is 0. The molecule has 5 nitrogen and oxygen atoms in total. The molecule has 0 radical (unpaired) electrons. The largest absolute Gasteiger partial charge is 0.339 e. The third-order valence-corrected chi connectivity index (χ3v) is 9.89. The van der Waals surface area contributed by atoms with Crippen LogP contribution in [0.3, 0.4) is 0 Å². The summed E-state index contributed by atoms with van der Waals surface area (Å²) in [6.45, 7) is 19.3. The Balaban J connectivity index is 1.78. The predicted molar refractivity (Wildman–Crippen MR) is 173 cm³/mol. The Morgan fingerprint density at radius 1 is 0.732 bits per heavy atom. The van der Waals surface area contributed by atoms with Gasteiger partial charge in [-0.25, -0.2) is 0 Å². The summed E-state index contributed by atoms with van der Waals surface area (Å²) < 4.78 is 6.93. The van der Waals surface area contributed by atoms with Gasteiger partial charge in [-0.3, -0.25) is 9.59 Å². The van der Waals surface area contributed by atoms with Crippen molar-refractivity contribution in [1.82, 2.24) is 9.80 Å². The van der Waals surface area contributed by atoms with E-state index in [-0.39, 0.29) is 11.8 Å². The van der Waals surface area contributed by atoms with Crippen LogP contribution in [0.1, 0.15) is 177 Å². The maximum atomic E-state index is 14.2. The Hall–Kier alpha value is -1.36. The molecule has 41 heavy (non-hydrogen) atoms. The second kappa shape index (κ2) is 16.5. The molecule has 2 aliphatic heterocycles. The summed E-state index contributed by atoms with van der Waals surface area (Å²) in [5.41, 5.74) is -2.46. The fourth-order valence-electron chi connectivity index (χ4n) is 8.14. The lowest BCUT2D eigenvalue weighted by atomic mass is 9.70. The van der Waals surface area contributed by atoms with E-state index in [1.54, 1.807) is 0 Å². The van der Waals surface area contributed by atoms with E-state index < -0.39 is 22.4 Å². The normalized spacial score (nSPS) is 20.6. The smallest absolute Gasteiger partial charge is 0.257 e. The zero-order chi connectivity index (χ0) is 30.6. The van der Waals surface area contributed by atoms with Gasteiger partial charge in [0.2, 0.25) is 5.91 Å². The van der Waals surface area contributed by atoms with Crippen LogP contribution >= 0.6 is 0 Å². The van der Waals surface area contributed by atoms with Crippen LogP contribution in [0.4, 0.5) is 0 Å². The van der Waals surface area contributed by atoms with Crippen molar-refractivity contribution in [3.8, 4) is 0 Å². The van der Waals surface area contributed by atoms with Crippen molar-refractivity contribution in [2.75, 3.05) is 6.54 Å². The Morgan fingerprint density at radius 3 is 1.49 bits per heavy atom. The first kappa shape index (κ1) is 35.8. The molecule has 0 aromatic carbocycles. The van der Waals surface area contributed by atoms with Gasteiger partial charge in [-0.2, -0.15) is 0 Å². The molecule has 0 N–H and O–H groups in total. The molecule has 0 bridgehead atoms. The minimum atomic E-state index is -0.883. The number of hydrogen-bond donors (Lipinski definition) is 0. The number of nitrogens with zero attached hydrogens (tertiary/aromatic N) is 2. The van der Waals surface area contributed by atoms with Gasteiger partial charge < -0.3 is 14.5 Å². The van der Waals surface area contributed by atoms with E-state index in [4.69, 9.17) is 4.74 Å². The fourth-order valence-corrected chi connectivity index (χ4v) is 8.14. The molecule has 0 unspecified atom stereocenters. The first-order chi connectivity index (χ1) is 19.4. The summed E-state index contributed by atoms with van der Waals surface area (Å²) in [7, 11) is 0. The van der Waals surface area contributed by atoms with E-state index in [2.05, 4.69) is 59.9 Å². The molecule has 0 atom stereocenters. The van der Waals surface area contributed by atoms with Crippen molar-refractivity contribution in [1.29, 1.82) is 0 Å². The van der Waals surface area contributed by atoms with Crippen LogP contribution in [0.2, 0.25) is 0 Å².